The van der Waals surface area contributed by atoms with E-state index in [-0.39, 0.29) is 30.3 Å². The standard InChI is InChI=1S/C22H35FO5/c1-4-5-8-14(2)16(24)12-11-15-17(25)13-19-21(15)22(23)18(28-19)9-6-7-10-20(26)27-3/h6,9,11-12,14-19,21-22,24-25H,4-5,7-8,10,13H2,1-3H3/b9-6+,12-11+/t14?,15-,16-,17+,18?,19-,21+,22?/m0/s1. The van der Waals surface area contributed by atoms with E-state index >= 15 is 0 Å². The third-order valence-electron chi connectivity index (χ3n) is 6.00. The number of alkyl halides is 1. The molecule has 5 nitrogen and oxygen atoms in total. The zero-order chi connectivity index (χ0) is 20.7. The van der Waals surface area contributed by atoms with E-state index in [1.807, 2.05) is 6.92 Å². The van der Waals surface area contributed by atoms with Crippen LogP contribution in [-0.4, -0.2) is 53.9 Å². The van der Waals surface area contributed by atoms with Gasteiger partial charge in [0.25, 0.3) is 0 Å². The maximum Gasteiger partial charge on any atom is 0.305 e. The number of esters is 1. The average Bonchev–Trinajstić information content (AvgIpc) is 3.15. The molecule has 0 aromatic rings. The molecule has 2 N–H and O–H groups in total. The van der Waals surface area contributed by atoms with Gasteiger partial charge in [0.05, 0.1) is 25.4 Å². The Morgan fingerprint density at radius 1 is 1.39 bits per heavy atom. The third kappa shape index (κ3) is 5.88. The molecule has 0 bridgehead atoms. The predicted molar refractivity (Wildman–Crippen MR) is 105 cm³/mol. The fourth-order valence-corrected chi connectivity index (χ4v) is 4.19. The van der Waals surface area contributed by atoms with Crippen molar-refractivity contribution in [1.29, 1.82) is 0 Å². The number of aliphatic hydroxyl groups excluding tert-OH is 2. The van der Waals surface area contributed by atoms with E-state index in [0.717, 1.165) is 19.3 Å². The Kier molecular flexibility index (Phi) is 9.12. The first-order valence-corrected chi connectivity index (χ1v) is 10.5. The van der Waals surface area contributed by atoms with Gasteiger partial charge in [-0.2, -0.15) is 0 Å². The molecule has 6 heteroatoms. The molecule has 0 spiro atoms. The maximum absolute atomic E-state index is 15.0. The van der Waals surface area contributed by atoms with E-state index in [0.29, 0.717) is 12.8 Å². The Labute approximate surface area is 167 Å². The smallest absolute Gasteiger partial charge is 0.305 e. The highest BCUT2D eigenvalue weighted by atomic mass is 19.1. The Morgan fingerprint density at radius 3 is 2.82 bits per heavy atom. The van der Waals surface area contributed by atoms with Gasteiger partial charge in [-0.05, 0) is 18.8 Å². The maximum atomic E-state index is 15.0. The summed E-state index contributed by atoms with van der Waals surface area (Å²) >= 11 is 0. The van der Waals surface area contributed by atoms with E-state index in [1.165, 1.54) is 7.11 Å². The lowest BCUT2D eigenvalue weighted by Crippen LogP contribution is -2.28. The van der Waals surface area contributed by atoms with Crippen LogP contribution in [0.5, 0.6) is 0 Å². The number of allylic oxidation sites excluding steroid dienone is 1. The van der Waals surface area contributed by atoms with Crippen molar-refractivity contribution >= 4 is 5.97 Å². The van der Waals surface area contributed by atoms with Crippen LogP contribution in [0.25, 0.3) is 0 Å². The molecule has 0 aromatic carbocycles. The third-order valence-corrected chi connectivity index (χ3v) is 6.00. The van der Waals surface area contributed by atoms with E-state index in [1.54, 1.807) is 24.3 Å². The lowest BCUT2D eigenvalue weighted by molar-refractivity contribution is -0.140. The number of carbonyl (C=O) groups is 1. The first-order chi connectivity index (χ1) is 13.4. The van der Waals surface area contributed by atoms with Crippen molar-refractivity contribution < 1.29 is 28.9 Å². The Morgan fingerprint density at radius 2 is 2.14 bits per heavy atom. The van der Waals surface area contributed by atoms with Crippen molar-refractivity contribution in [1.82, 2.24) is 0 Å². The predicted octanol–water partition coefficient (Wildman–Crippen LogP) is 3.34. The molecule has 1 aliphatic carbocycles. The minimum Gasteiger partial charge on any atom is -0.469 e. The van der Waals surface area contributed by atoms with Gasteiger partial charge in [0.15, 0.2) is 0 Å². The summed E-state index contributed by atoms with van der Waals surface area (Å²) in [7, 11) is 1.34. The molecular formula is C22H35FO5. The number of aliphatic hydroxyl groups is 2. The summed E-state index contributed by atoms with van der Waals surface area (Å²) in [5.74, 6) is -0.941. The largest absolute Gasteiger partial charge is 0.469 e. The van der Waals surface area contributed by atoms with Crippen LogP contribution in [0.1, 0.15) is 52.4 Å². The number of halogens is 1. The number of methoxy groups -OCH3 is 1. The summed E-state index contributed by atoms with van der Waals surface area (Å²) in [5.41, 5.74) is 0. The van der Waals surface area contributed by atoms with Crippen LogP contribution in [0.2, 0.25) is 0 Å². The quantitative estimate of drug-likeness (QED) is 0.436. The van der Waals surface area contributed by atoms with Crippen LogP contribution in [0, 0.1) is 17.8 Å². The van der Waals surface area contributed by atoms with Crippen molar-refractivity contribution in [2.75, 3.05) is 7.11 Å². The molecule has 8 atom stereocenters. The number of hydrogen-bond donors (Lipinski definition) is 2. The zero-order valence-corrected chi connectivity index (χ0v) is 17.2. The monoisotopic (exact) mass is 398 g/mol. The van der Waals surface area contributed by atoms with Gasteiger partial charge in [-0.25, -0.2) is 4.39 Å². The summed E-state index contributed by atoms with van der Waals surface area (Å²) in [5, 5.41) is 20.7. The molecule has 1 saturated carbocycles. The molecule has 0 aromatic heterocycles. The Bertz CT molecular complexity index is 549. The van der Waals surface area contributed by atoms with Crippen molar-refractivity contribution in [3.05, 3.63) is 24.3 Å². The number of fused-ring (bicyclic) bond motifs is 1. The van der Waals surface area contributed by atoms with E-state index < -0.39 is 30.4 Å². The molecule has 2 rings (SSSR count). The minimum absolute atomic E-state index is 0.136. The molecule has 0 amide bonds. The van der Waals surface area contributed by atoms with Crippen molar-refractivity contribution in [2.45, 2.75) is 83.0 Å². The van der Waals surface area contributed by atoms with Gasteiger partial charge in [0.2, 0.25) is 0 Å². The van der Waals surface area contributed by atoms with Gasteiger partial charge in [-0.15, -0.1) is 0 Å². The van der Waals surface area contributed by atoms with Crippen LogP contribution < -0.4 is 0 Å². The summed E-state index contributed by atoms with van der Waals surface area (Å²) in [6.45, 7) is 4.12. The van der Waals surface area contributed by atoms with Crippen LogP contribution in [0.3, 0.4) is 0 Å². The second-order valence-corrected chi connectivity index (χ2v) is 8.08. The van der Waals surface area contributed by atoms with Crippen LogP contribution >= 0.6 is 0 Å². The Hall–Kier alpha value is -1.24. The van der Waals surface area contributed by atoms with Crippen LogP contribution in [0.4, 0.5) is 4.39 Å². The topological polar surface area (TPSA) is 76.0 Å². The number of ether oxygens (including phenoxy) is 2. The first kappa shape index (κ1) is 23.0. The second kappa shape index (κ2) is 11.1. The second-order valence-electron chi connectivity index (χ2n) is 8.08. The van der Waals surface area contributed by atoms with Gasteiger partial charge in [-0.1, -0.05) is 51.0 Å². The van der Waals surface area contributed by atoms with Gasteiger partial charge < -0.3 is 19.7 Å². The summed E-state index contributed by atoms with van der Waals surface area (Å²) in [6, 6.07) is 0. The van der Waals surface area contributed by atoms with Gasteiger partial charge in [0.1, 0.15) is 12.3 Å². The van der Waals surface area contributed by atoms with Crippen molar-refractivity contribution in [3.8, 4) is 0 Å². The van der Waals surface area contributed by atoms with Gasteiger partial charge >= 0.3 is 5.97 Å². The highest BCUT2D eigenvalue weighted by Gasteiger charge is 2.54. The normalized spacial score (nSPS) is 34.8. The van der Waals surface area contributed by atoms with E-state index in [4.69, 9.17) is 4.74 Å². The number of rotatable bonds is 10. The van der Waals surface area contributed by atoms with Crippen molar-refractivity contribution in [3.63, 3.8) is 0 Å². The Balaban J connectivity index is 1.93. The molecule has 0 radical (unpaired) electrons. The fourth-order valence-electron chi connectivity index (χ4n) is 4.19. The highest BCUT2D eigenvalue weighted by molar-refractivity contribution is 5.69. The number of hydrogen-bond acceptors (Lipinski definition) is 5. The molecule has 160 valence electrons. The molecule has 3 unspecified atom stereocenters. The summed E-state index contributed by atoms with van der Waals surface area (Å²) < 4.78 is 25.4. The first-order valence-electron chi connectivity index (χ1n) is 10.5. The molecule has 2 aliphatic rings. The molecule has 28 heavy (non-hydrogen) atoms. The average molecular weight is 399 g/mol. The minimum atomic E-state index is -1.22. The molecule has 2 fully saturated rings. The van der Waals surface area contributed by atoms with Gasteiger partial charge in [-0.3, -0.25) is 4.79 Å². The van der Waals surface area contributed by atoms with E-state index in [2.05, 4.69) is 11.7 Å². The highest BCUT2D eigenvalue weighted by Crippen LogP contribution is 2.46. The molecule has 1 aliphatic heterocycles. The molecule has 1 saturated heterocycles. The fraction of sp³-hybridized carbons (Fsp3) is 0.773. The number of unbranched alkanes of at least 4 members (excludes halogenated alkanes) is 1. The number of carbonyl (C=O) groups excluding carboxylic acids is 1. The lowest BCUT2D eigenvalue weighted by atomic mass is 9.87. The summed E-state index contributed by atoms with van der Waals surface area (Å²) in [4.78, 5) is 11.1. The zero-order valence-electron chi connectivity index (χ0n) is 17.2. The van der Waals surface area contributed by atoms with E-state index in [9.17, 15) is 19.4 Å². The van der Waals surface area contributed by atoms with Gasteiger partial charge in [0, 0.05) is 24.7 Å². The summed E-state index contributed by atoms with van der Waals surface area (Å²) in [6.07, 6.45) is 7.65. The van der Waals surface area contributed by atoms with Crippen LogP contribution in [0.15, 0.2) is 24.3 Å². The SMILES string of the molecule is CCCCC(C)[C@@H](O)/C=C/[C@@H]1[C@H]2C(F)C(/C=C/CCC(=O)OC)O[C@H]2C[C@H]1O. The molecular weight excluding hydrogens is 363 g/mol. The lowest BCUT2D eigenvalue weighted by Gasteiger charge is -2.21. The van der Waals surface area contributed by atoms with Crippen LogP contribution in [-0.2, 0) is 14.3 Å². The molecule has 1 heterocycles. The van der Waals surface area contributed by atoms with Crippen molar-refractivity contribution in [2.24, 2.45) is 17.8 Å².